The Bertz CT molecular complexity index is 710. The van der Waals surface area contributed by atoms with Crippen molar-refractivity contribution in [2.24, 2.45) is 4.99 Å². The fourth-order valence-corrected chi connectivity index (χ4v) is 2.08. The van der Waals surface area contributed by atoms with E-state index in [0.717, 1.165) is 0 Å². The van der Waals surface area contributed by atoms with Gasteiger partial charge in [-0.2, -0.15) is 0 Å². The Morgan fingerprint density at radius 3 is 2.48 bits per heavy atom. The quantitative estimate of drug-likeness (QED) is 0.627. The van der Waals surface area contributed by atoms with Crippen LogP contribution in [0.3, 0.4) is 0 Å². The molecule has 23 heavy (non-hydrogen) atoms. The number of allylic oxidation sites excluding steroid dienone is 2. The minimum Gasteiger partial charge on any atom is -0.478 e. The molecule has 0 unspecified atom stereocenters. The highest BCUT2D eigenvalue weighted by atomic mass is 16.6. The lowest BCUT2D eigenvalue weighted by molar-refractivity contribution is -0.158. The predicted octanol–water partition coefficient (Wildman–Crippen LogP) is 2.07. The molecular formula is C17H17NO5. The molecule has 0 radical (unpaired) electrons. The number of carbonyl (C=O) groups is 3. The van der Waals surface area contributed by atoms with Gasteiger partial charge < -0.3 is 9.47 Å². The standard InChI is InChI=1S/C17H17NO5/c1-17(2,3)23-15(20)9-22-14-8-13(18-10-19)11-6-4-5-7-12(11)16(14)21/h4-8,10H,9H2,1-3H3. The van der Waals surface area contributed by atoms with Crippen LogP contribution < -0.4 is 0 Å². The Kier molecular flexibility index (Phi) is 4.74. The lowest BCUT2D eigenvalue weighted by Gasteiger charge is -2.21. The molecule has 0 bridgehead atoms. The van der Waals surface area contributed by atoms with Crippen molar-refractivity contribution in [2.45, 2.75) is 26.4 Å². The van der Waals surface area contributed by atoms with Crippen LogP contribution >= 0.6 is 0 Å². The van der Waals surface area contributed by atoms with E-state index in [2.05, 4.69) is 4.99 Å². The number of ketones is 1. The summed E-state index contributed by atoms with van der Waals surface area (Å²) in [5.41, 5.74) is 0.598. The van der Waals surface area contributed by atoms with Crippen molar-refractivity contribution in [3.8, 4) is 0 Å². The maximum atomic E-state index is 12.4. The number of aliphatic imine (C=N–C) groups is 1. The van der Waals surface area contributed by atoms with Gasteiger partial charge >= 0.3 is 5.97 Å². The number of Topliss-reactive ketones (excluding diaryl/α,β-unsaturated/α-hetero) is 1. The molecule has 1 aromatic rings. The van der Waals surface area contributed by atoms with E-state index >= 15 is 0 Å². The molecule has 6 heteroatoms. The van der Waals surface area contributed by atoms with Gasteiger partial charge in [0.25, 0.3) is 0 Å². The van der Waals surface area contributed by atoms with Crippen LogP contribution in [0.2, 0.25) is 0 Å². The number of amides is 1. The van der Waals surface area contributed by atoms with Crippen LogP contribution in [0.5, 0.6) is 0 Å². The lowest BCUT2D eigenvalue weighted by atomic mass is 9.93. The molecular weight excluding hydrogens is 298 g/mol. The smallest absolute Gasteiger partial charge is 0.344 e. The zero-order valence-corrected chi connectivity index (χ0v) is 13.2. The van der Waals surface area contributed by atoms with E-state index in [0.29, 0.717) is 23.2 Å². The second kappa shape index (κ2) is 6.56. The Balaban J connectivity index is 2.20. The molecule has 0 heterocycles. The Morgan fingerprint density at radius 2 is 1.87 bits per heavy atom. The molecule has 1 aromatic carbocycles. The summed E-state index contributed by atoms with van der Waals surface area (Å²) in [7, 11) is 0. The number of nitrogens with zero attached hydrogens (tertiary/aromatic N) is 1. The number of benzene rings is 1. The van der Waals surface area contributed by atoms with Crippen molar-refractivity contribution in [1.82, 2.24) is 0 Å². The summed E-state index contributed by atoms with van der Waals surface area (Å²) >= 11 is 0. The van der Waals surface area contributed by atoms with Gasteiger partial charge in [-0.25, -0.2) is 9.79 Å². The van der Waals surface area contributed by atoms with Gasteiger partial charge in [-0.05, 0) is 20.8 Å². The van der Waals surface area contributed by atoms with Crippen molar-refractivity contribution in [3.63, 3.8) is 0 Å². The van der Waals surface area contributed by atoms with Gasteiger partial charge in [-0.3, -0.25) is 9.59 Å². The van der Waals surface area contributed by atoms with Gasteiger partial charge in [-0.1, -0.05) is 24.3 Å². The van der Waals surface area contributed by atoms with Crippen molar-refractivity contribution in [3.05, 3.63) is 47.2 Å². The zero-order chi connectivity index (χ0) is 17.0. The number of hydrogen-bond acceptors (Lipinski definition) is 5. The zero-order valence-electron chi connectivity index (χ0n) is 13.2. The third kappa shape index (κ3) is 4.12. The molecule has 0 aliphatic heterocycles. The molecule has 120 valence electrons. The van der Waals surface area contributed by atoms with Crippen molar-refractivity contribution in [1.29, 1.82) is 0 Å². The molecule has 6 nitrogen and oxygen atoms in total. The molecule has 2 rings (SSSR count). The minimum absolute atomic E-state index is 0.0461. The van der Waals surface area contributed by atoms with E-state index in [1.807, 2.05) is 0 Å². The highest BCUT2D eigenvalue weighted by molar-refractivity contribution is 6.26. The van der Waals surface area contributed by atoms with Crippen LogP contribution in [0.15, 0.2) is 41.1 Å². The lowest BCUT2D eigenvalue weighted by Crippen LogP contribution is -2.28. The molecule has 0 saturated carbocycles. The summed E-state index contributed by atoms with van der Waals surface area (Å²) in [6.07, 6.45) is 1.74. The fourth-order valence-electron chi connectivity index (χ4n) is 2.08. The van der Waals surface area contributed by atoms with E-state index in [4.69, 9.17) is 9.47 Å². The van der Waals surface area contributed by atoms with Crippen molar-refractivity contribution < 1.29 is 23.9 Å². The molecule has 1 aliphatic rings. The summed E-state index contributed by atoms with van der Waals surface area (Å²) in [6.45, 7) is 4.81. The Hall–Kier alpha value is -2.76. The first-order valence-corrected chi connectivity index (χ1v) is 7.04. The van der Waals surface area contributed by atoms with Crippen LogP contribution in [0.1, 0.15) is 36.7 Å². The van der Waals surface area contributed by atoms with Crippen LogP contribution in [0, 0.1) is 0 Å². The second-order valence-corrected chi connectivity index (χ2v) is 5.88. The summed E-state index contributed by atoms with van der Waals surface area (Å²) in [5.74, 6) is -0.997. The molecule has 1 amide bonds. The van der Waals surface area contributed by atoms with Crippen molar-refractivity contribution in [2.75, 3.05) is 6.61 Å². The highest BCUT2D eigenvalue weighted by Crippen LogP contribution is 2.22. The van der Waals surface area contributed by atoms with E-state index in [9.17, 15) is 14.4 Å². The first-order chi connectivity index (χ1) is 10.8. The first kappa shape index (κ1) is 16.6. The number of carbonyl (C=O) groups excluding carboxylic acids is 3. The summed E-state index contributed by atoms with van der Waals surface area (Å²) < 4.78 is 10.4. The van der Waals surface area contributed by atoms with Gasteiger partial charge in [0.05, 0.1) is 5.71 Å². The Morgan fingerprint density at radius 1 is 1.22 bits per heavy atom. The van der Waals surface area contributed by atoms with E-state index in [-0.39, 0.29) is 11.5 Å². The highest BCUT2D eigenvalue weighted by Gasteiger charge is 2.26. The first-order valence-electron chi connectivity index (χ1n) is 7.04. The summed E-state index contributed by atoms with van der Waals surface area (Å²) in [5, 5.41) is 0. The van der Waals surface area contributed by atoms with Crippen LogP contribution in [0.4, 0.5) is 0 Å². The normalized spacial score (nSPS) is 15.7. The monoisotopic (exact) mass is 315 g/mol. The maximum Gasteiger partial charge on any atom is 0.344 e. The Labute approximate surface area is 133 Å². The minimum atomic E-state index is -0.637. The molecule has 0 aromatic heterocycles. The van der Waals surface area contributed by atoms with Crippen LogP contribution in [0.25, 0.3) is 0 Å². The number of rotatable bonds is 4. The van der Waals surface area contributed by atoms with E-state index < -0.39 is 18.2 Å². The maximum absolute atomic E-state index is 12.4. The fraction of sp³-hybridized carbons (Fsp3) is 0.294. The van der Waals surface area contributed by atoms with Gasteiger partial charge in [-0.15, -0.1) is 0 Å². The van der Waals surface area contributed by atoms with Gasteiger partial charge in [0.1, 0.15) is 5.60 Å². The largest absolute Gasteiger partial charge is 0.478 e. The number of esters is 1. The van der Waals surface area contributed by atoms with Crippen LogP contribution in [-0.4, -0.2) is 36.1 Å². The average Bonchev–Trinajstić information content (AvgIpc) is 2.47. The molecule has 1 aliphatic carbocycles. The SMILES string of the molecule is CC(C)(C)OC(=O)COC1=CC(=NC=O)c2ccccc2C1=O. The number of fused-ring (bicyclic) bond motifs is 1. The molecule has 0 N–H and O–H groups in total. The predicted molar refractivity (Wildman–Crippen MR) is 83.3 cm³/mol. The summed E-state index contributed by atoms with van der Waals surface area (Å²) in [6, 6.07) is 6.75. The second-order valence-electron chi connectivity index (χ2n) is 5.88. The van der Waals surface area contributed by atoms with Crippen molar-refractivity contribution >= 4 is 23.9 Å². The third-order valence-electron chi connectivity index (χ3n) is 2.90. The molecule has 0 atom stereocenters. The van der Waals surface area contributed by atoms with Crippen LogP contribution in [-0.2, 0) is 19.1 Å². The third-order valence-corrected chi connectivity index (χ3v) is 2.90. The van der Waals surface area contributed by atoms with Gasteiger partial charge in [0.15, 0.2) is 12.4 Å². The summed E-state index contributed by atoms with van der Waals surface area (Å²) in [4.78, 5) is 38.4. The number of ether oxygens (including phenoxy) is 2. The average molecular weight is 315 g/mol. The number of hydrogen-bond donors (Lipinski definition) is 0. The van der Waals surface area contributed by atoms with Gasteiger partial charge in [0, 0.05) is 17.2 Å². The van der Waals surface area contributed by atoms with E-state index in [1.54, 1.807) is 45.0 Å². The molecule has 0 spiro atoms. The van der Waals surface area contributed by atoms with Gasteiger partial charge in [0.2, 0.25) is 12.2 Å². The van der Waals surface area contributed by atoms with E-state index in [1.165, 1.54) is 6.08 Å². The molecule has 0 saturated heterocycles. The molecule has 0 fully saturated rings. The topological polar surface area (TPSA) is 82.0 Å².